The molecule has 0 saturated carbocycles. The number of amides is 1. The van der Waals surface area contributed by atoms with E-state index in [2.05, 4.69) is 10.6 Å². The molecule has 2 N–H and O–H groups in total. The lowest BCUT2D eigenvalue weighted by molar-refractivity contribution is -0.384. The number of nitrogens with zero attached hydrogens (tertiary/aromatic N) is 1. The Bertz CT molecular complexity index is 636. The zero-order valence-electron chi connectivity index (χ0n) is 11.5. The van der Waals surface area contributed by atoms with Gasteiger partial charge in [0.25, 0.3) is 5.69 Å². The van der Waals surface area contributed by atoms with Gasteiger partial charge in [-0.3, -0.25) is 14.9 Å². The predicted molar refractivity (Wildman–Crippen MR) is 81.2 cm³/mol. The number of rotatable bonds is 5. The number of nitrogens with one attached hydrogen (secondary N) is 2. The van der Waals surface area contributed by atoms with Crippen LogP contribution in [0.15, 0.2) is 48.5 Å². The van der Waals surface area contributed by atoms with Crippen molar-refractivity contribution in [2.75, 3.05) is 10.6 Å². The molecule has 0 aliphatic carbocycles. The molecule has 0 radical (unpaired) electrons. The summed E-state index contributed by atoms with van der Waals surface area (Å²) in [7, 11) is 0. The third-order valence-corrected chi connectivity index (χ3v) is 2.85. The van der Waals surface area contributed by atoms with Crippen molar-refractivity contribution in [3.8, 4) is 0 Å². The molecule has 0 bridgehead atoms. The highest BCUT2D eigenvalue weighted by Crippen LogP contribution is 2.16. The van der Waals surface area contributed by atoms with Crippen molar-refractivity contribution in [2.24, 2.45) is 0 Å². The zero-order chi connectivity index (χ0) is 15.2. The minimum Gasteiger partial charge on any atom is -0.381 e. The van der Waals surface area contributed by atoms with E-state index in [9.17, 15) is 14.9 Å². The number of nitro benzene ring substituents is 1. The molecule has 0 aliphatic heterocycles. The van der Waals surface area contributed by atoms with E-state index in [0.717, 1.165) is 16.9 Å². The maximum atomic E-state index is 10.9. The van der Waals surface area contributed by atoms with Crippen LogP contribution in [-0.2, 0) is 11.3 Å². The Hall–Kier alpha value is -2.89. The molecule has 2 aromatic rings. The SMILES string of the molecule is CC(=O)Nc1ccc(CNc2ccc([N+](=O)[O-])cc2)cc1. The van der Waals surface area contributed by atoms with Crippen LogP contribution in [0, 0.1) is 10.1 Å². The largest absolute Gasteiger partial charge is 0.381 e. The van der Waals surface area contributed by atoms with Crippen molar-refractivity contribution >= 4 is 23.0 Å². The zero-order valence-corrected chi connectivity index (χ0v) is 11.5. The van der Waals surface area contributed by atoms with Crippen molar-refractivity contribution in [1.29, 1.82) is 0 Å². The fourth-order valence-electron chi connectivity index (χ4n) is 1.81. The topological polar surface area (TPSA) is 84.3 Å². The molecule has 6 nitrogen and oxygen atoms in total. The Kier molecular flexibility index (Phi) is 4.50. The van der Waals surface area contributed by atoms with Crippen molar-refractivity contribution in [1.82, 2.24) is 0 Å². The van der Waals surface area contributed by atoms with Gasteiger partial charge in [-0.25, -0.2) is 0 Å². The summed E-state index contributed by atoms with van der Waals surface area (Å²) < 4.78 is 0. The molecule has 0 fully saturated rings. The van der Waals surface area contributed by atoms with Gasteiger partial charge >= 0.3 is 0 Å². The third-order valence-electron chi connectivity index (χ3n) is 2.85. The Morgan fingerprint density at radius 3 is 2.14 bits per heavy atom. The standard InChI is InChI=1S/C15H15N3O3/c1-11(19)17-14-4-2-12(3-5-14)10-16-13-6-8-15(9-7-13)18(20)21/h2-9,16H,10H2,1H3,(H,17,19). The molecular weight excluding hydrogens is 270 g/mol. The van der Waals surface area contributed by atoms with Gasteiger partial charge in [-0.05, 0) is 29.8 Å². The van der Waals surface area contributed by atoms with Gasteiger partial charge in [-0.15, -0.1) is 0 Å². The normalized spacial score (nSPS) is 9.95. The minimum absolute atomic E-state index is 0.0696. The average Bonchev–Trinajstić information content (AvgIpc) is 2.46. The number of hydrogen-bond acceptors (Lipinski definition) is 4. The van der Waals surface area contributed by atoms with Gasteiger partial charge in [0, 0.05) is 37.0 Å². The van der Waals surface area contributed by atoms with E-state index in [0.29, 0.717) is 6.54 Å². The lowest BCUT2D eigenvalue weighted by Crippen LogP contribution is -2.06. The maximum Gasteiger partial charge on any atom is 0.269 e. The number of hydrogen-bond donors (Lipinski definition) is 2. The molecule has 0 spiro atoms. The smallest absolute Gasteiger partial charge is 0.269 e. The fourth-order valence-corrected chi connectivity index (χ4v) is 1.81. The minimum atomic E-state index is -0.426. The molecule has 108 valence electrons. The summed E-state index contributed by atoms with van der Waals surface area (Å²) in [6, 6.07) is 13.7. The van der Waals surface area contributed by atoms with Gasteiger partial charge in [0.15, 0.2) is 0 Å². The Balaban J connectivity index is 1.93. The second-order valence-electron chi connectivity index (χ2n) is 4.54. The molecule has 2 rings (SSSR count). The van der Waals surface area contributed by atoms with Crippen molar-refractivity contribution in [3.63, 3.8) is 0 Å². The predicted octanol–water partition coefficient (Wildman–Crippen LogP) is 3.17. The first-order valence-corrected chi connectivity index (χ1v) is 6.39. The second-order valence-corrected chi connectivity index (χ2v) is 4.54. The molecule has 2 aromatic carbocycles. The van der Waals surface area contributed by atoms with Crippen LogP contribution in [-0.4, -0.2) is 10.8 Å². The number of anilines is 2. The van der Waals surface area contributed by atoms with Gasteiger partial charge in [0.05, 0.1) is 4.92 Å². The number of carbonyl (C=O) groups excluding carboxylic acids is 1. The Morgan fingerprint density at radius 1 is 1.05 bits per heavy atom. The van der Waals surface area contributed by atoms with E-state index < -0.39 is 4.92 Å². The molecular formula is C15H15N3O3. The van der Waals surface area contributed by atoms with Crippen LogP contribution in [0.5, 0.6) is 0 Å². The number of non-ortho nitro benzene ring substituents is 1. The van der Waals surface area contributed by atoms with Crippen LogP contribution in [0.25, 0.3) is 0 Å². The second kappa shape index (κ2) is 6.51. The lowest BCUT2D eigenvalue weighted by atomic mass is 10.2. The summed E-state index contributed by atoms with van der Waals surface area (Å²) in [4.78, 5) is 21.0. The highest BCUT2D eigenvalue weighted by atomic mass is 16.6. The molecule has 6 heteroatoms. The Morgan fingerprint density at radius 2 is 1.62 bits per heavy atom. The third kappa shape index (κ3) is 4.31. The number of benzene rings is 2. The van der Waals surface area contributed by atoms with Crippen LogP contribution >= 0.6 is 0 Å². The summed E-state index contributed by atoms with van der Waals surface area (Å²) in [5.74, 6) is -0.105. The molecule has 1 amide bonds. The van der Waals surface area contributed by atoms with Gasteiger partial charge in [-0.2, -0.15) is 0 Å². The molecule has 21 heavy (non-hydrogen) atoms. The first-order valence-electron chi connectivity index (χ1n) is 6.39. The monoisotopic (exact) mass is 285 g/mol. The van der Waals surface area contributed by atoms with Gasteiger partial charge in [0.1, 0.15) is 0 Å². The summed E-state index contributed by atoms with van der Waals surface area (Å²) in [6.07, 6.45) is 0. The molecule has 0 heterocycles. The van der Waals surface area contributed by atoms with E-state index in [-0.39, 0.29) is 11.6 Å². The van der Waals surface area contributed by atoms with Crippen LogP contribution in [0.1, 0.15) is 12.5 Å². The van der Waals surface area contributed by atoms with E-state index in [1.807, 2.05) is 24.3 Å². The first-order chi connectivity index (χ1) is 10.0. The summed E-state index contributed by atoms with van der Waals surface area (Å²) in [6.45, 7) is 2.06. The fraction of sp³-hybridized carbons (Fsp3) is 0.133. The highest BCUT2D eigenvalue weighted by molar-refractivity contribution is 5.88. The summed E-state index contributed by atoms with van der Waals surface area (Å²) in [5.41, 5.74) is 2.68. The van der Waals surface area contributed by atoms with Crippen LogP contribution in [0.4, 0.5) is 17.1 Å². The molecule has 0 aromatic heterocycles. The summed E-state index contributed by atoms with van der Waals surface area (Å²) in [5, 5.41) is 16.4. The van der Waals surface area contributed by atoms with Crippen molar-refractivity contribution in [3.05, 3.63) is 64.2 Å². The molecule has 0 atom stereocenters. The van der Waals surface area contributed by atoms with Crippen molar-refractivity contribution in [2.45, 2.75) is 13.5 Å². The van der Waals surface area contributed by atoms with Crippen LogP contribution < -0.4 is 10.6 Å². The average molecular weight is 285 g/mol. The van der Waals surface area contributed by atoms with E-state index >= 15 is 0 Å². The number of nitro groups is 1. The van der Waals surface area contributed by atoms with Crippen LogP contribution in [0.2, 0.25) is 0 Å². The molecule has 0 aliphatic rings. The molecule has 0 saturated heterocycles. The van der Waals surface area contributed by atoms with Crippen molar-refractivity contribution < 1.29 is 9.72 Å². The highest BCUT2D eigenvalue weighted by Gasteiger charge is 2.03. The van der Waals surface area contributed by atoms with E-state index in [1.165, 1.54) is 19.1 Å². The Labute approximate surface area is 121 Å². The van der Waals surface area contributed by atoms with Gasteiger partial charge in [0.2, 0.25) is 5.91 Å². The first kappa shape index (κ1) is 14.5. The summed E-state index contributed by atoms with van der Waals surface area (Å²) >= 11 is 0. The van der Waals surface area contributed by atoms with E-state index in [4.69, 9.17) is 0 Å². The lowest BCUT2D eigenvalue weighted by Gasteiger charge is -2.07. The van der Waals surface area contributed by atoms with Gasteiger partial charge in [-0.1, -0.05) is 12.1 Å². The molecule has 0 unspecified atom stereocenters. The van der Waals surface area contributed by atoms with Gasteiger partial charge < -0.3 is 10.6 Å². The van der Waals surface area contributed by atoms with E-state index in [1.54, 1.807) is 12.1 Å². The quantitative estimate of drug-likeness (QED) is 0.652. The van der Waals surface area contributed by atoms with Crippen LogP contribution in [0.3, 0.4) is 0 Å². The maximum absolute atomic E-state index is 10.9. The number of carbonyl (C=O) groups is 1.